The summed E-state index contributed by atoms with van der Waals surface area (Å²) in [5, 5.41) is 3.31. The lowest BCUT2D eigenvalue weighted by atomic mass is 9.78. The van der Waals surface area contributed by atoms with Crippen molar-refractivity contribution in [1.29, 1.82) is 0 Å². The van der Waals surface area contributed by atoms with Gasteiger partial charge in [0.2, 0.25) is 0 Å². The maximum Gasteiger partial charge on any atom is 0.123 e. The van der Waals surface area contributed by atoms with Crippen LogP contribution in [0.1, 0.15) is 38.8 Å². The van der Waals surface area contributed by atoms with Crippen LogP contribution in [0.3, 0.4) is 0 Å². The van der Waals surface area contributed by atoms with Gasteiger partial charge in [0, 0.05) is 6.04 Å². The summed E-state index contributed by atoms with van der Waals surface area (Å²) >= 11 is 0. The number of nitrogens with one attached hydrogen (secondary N) is 1. The van der Waals surface area contributed by atoms with Crippen molar-refractivity contribution in [3.05, 3.63) is 35.6 Å². The molecule has 0 spiro atoms. The topological polar surface area (TPSA) is 12.0 Å². The van der Waals surface area contributed by atoms with Gasteiger partial charge in [-0.2, -0.15) is 0 Å². The number of halogens is 1. The van der Waals surface area contributed by atoms with Crippen LogP contribution in [0.5, 0.6) is 0 Å². The molecule has 15 heavy (non-hydrogen) atoms. The highest BCUT2D eigenvalue weighted by molar-refractivity contribution is 5.21. The fraction of sp³-hybridized carbons (Fsp3) is 0.538. The molecule has 1 rings (SSSR count). The first kappa shape index (κ1) is 12.2. The van der Waals surface area contributed by atoms with Gasteiger partial charge in [0.15, 0.2) is 0 Å². The third-order valence-electron chi connectivity index (χ3n) is 3.18. The minimum Gasteiger partial charge on any atom is -0.313 e. The molecule has 0 aliphatic heterocycles. The molecule has 0 aliphatic carbocycles. The van der Waals surface area contributed by atoms with E-state index >= 15 is 0 Å². The molecular weight excluding hydrogens is 189 g/mol. The van der Waals surface area contributed by atoms with Gasteiger partial charge in [0.1, 0.15) is 5.82 Å². The third kappa shape index (κ3) is 2.78. The summed E-state index contributed by atoms with van der Waals surface area (Å²) in [6.07, 6.45) is 1.08. The molecule has 0 bridgehead atoms. The molecule has 0 saturated heterocycles. The molecule has 0 heterocycles. The monoisotopic (exact) mass is 209 g/mol. The van der Waals surface area contributed by atoms with Gasteiger partial charge in [0.25, 0.3) is 0 Å². The molecule has 0 radical (unpaired) electrons. The highest BCUT2D eigenvalue weighted by Crippen LogP contribution is 2.35. The van der Waals surface area contributed by atoms with Gasteiger partial charge in [-0.1, -0.05) is 32.9 Å². The normalized spacial score (nSPS) is 13.9. The van der Waals surface area contributed by atoms with Crippen molar-refractivity contribution in [2.75, 3.05) is 7.05 Å². The Kier molecular flexibility index (Phi) is 3.86. The molecule has 0 amide bonds. The molecule has 1 unspecified atom stereocenters. The first-order valence-corrected chi connectivity index (χ1v) is 5.44. The van der Waals surface area contributed by atoms with Gasteiger partial charge >= 0.3 is 0 Å². The quantitative estimate of drug-likeness (QED) is 0.800. The van der Waals surface area contributed by atoms with Gasteiger partial charge in [-0.05, 0) is 36.6 Å². The van der Waals surface area contributed by atoms with E-state index < -0.39 is 0 Å². The van der Waals surface area contributed by atoms with Crippen LogP contribution in [0, 0.1) is 11.2 Å². The number of hydrogen-bond acceptors (Lipinski definition) is 1. The highest BCUT2D eigenvalue weighted by atomic mass is 19.1. The minimum absolute atomic E-state index is 0.173. The zero-order chi connectivity index (χ0) is 11.5. The Labute approximate surface area is 91.7 Å². The Bertz CT molecular complexity index is 303. The van der Waals surface area contributed by atoms with E-state index in [1.165, 1.54) is 12.1 Å². The maximum absolute atomic E-state index is 12.8. The largest absolute Gasteiger partial charge is 0.313 e. The molecule has 0 saturated carbocycles. The summed E-state index contributed by atoms with van der Waals surface area (Å²) in [5.41, 5.74) is 1.32. The fourth-order valence-corrected chi connectivity index (χ4v) is 1.87. The molecule has 1 aromatic carbocycles. The van der Waals surface area contributed by atoms with Crippen LogP contribution in [0.4, 0.5) is 4.39 Å². The molecule has 1 aromatic rings. The number of hydrogen-bond donors (Lipinski definition) is 1. The summed E-state index contributed by atoms with van der Waals surface area (Å²) in [6, 6.07) is 7.02. The van der Waals surface area contributed by atoms with E-state index in [9.17, 15) is 4.39 Å². The molecule has 0 fully saturated rings. The van der Waals surface area contributed by atoms with Crippen molar-refractivity contribution in [2.24, 2.45) is 5.41 Å². The van der Waals surface area contributed by atoms with E-state index in [0.717, 1.165) is 12.0 Å². The van der Waals surface area contributed by atoms with Gasteiger partial charge in [-0.15, -0.1) is 0 Å². The molecule has 0 aliphatic rings. The lowest BCUT2D eigenvalue weighted by molar-refractivity contribution is 0.245. The molecule has 1 nitrogen and oxygen atoms in total. The molecule has 0 aromatic heterocycles. The Morgan fingerprint density at radius 3 is 2.20 bits per heavy atom. The van der Waals surface area contributed by atoms with Crippen LogP contribution in [-0.2, 0) is 0 Å². The van der Waals surface area contributed by atoms with Crippen LogP contribution in [-0.4, -0.2) is 7.05 Å². The maximum atomic E-state index is 12.8. The van der Waals surface area contributed by atoms with Crippen molar-refractivity contribution in [3.8, 4) is 0 Å². The van der Waals surface area contributed by atoms with Crippen LogP contribution >= 0.6 is 0 Å². The lowest BCUT2D eigenvalue weighted by Crippen LogP contribution is -2.31. The van der Waals surface area contributed by atoms with Crippen LogP contribution in [0.15, 0.2) is 24.3 Å². The molecular formula is C13H20FN. The second-order valence-electron chi connectivity index (χ2n) is 4.62. The molecule has 1 atom stereocenters. The SMILES string of the molecule is CCC(C)(C)C(NC)c1ccc(F)cc1. The van der Waals surface area contributed by atoms with E-state index in [1.807, 2.05) is 19.2 Å². The van der Waals surface area contributed by atoms with Crippen molar-refractivity contribution in [3.63, 3.8) is 0 Å². The summed E-state index contributed by atoms with van der Waals surface area (Å²) in [4.78, 5) is 0. The van der Waals surface area contributed by atoms with Gasteiger partial charge in [0.05, 0.1) is 0 Å². The van der Waals surface area contributed by atoms with Crippen molar-refractivity contribution >= 4 is 0 Å². The van der Waals surface area contributed by atoms with Crippen LogP contribution in [0.25, 0.3) is 0 Å². The zero-order valence-corrected chi connectivity index (χ0v) is 9.97. The Morgan fingerprint density at radius 1 is 1.27 bits per heavy atom. The second kappa shape index (κ2) is 4.75. The highest BCUT2D eigenvalue weighted by Gasteiger charge is 2.27. The first-order chi connectivity index (χ1) is 7.01. The summed E-state index contributed by atoms with van der Waals surface area (Å²) < 4.78 is 12.8. The van der Waals surface area contributed by atoms with Gasteiger partial charge in [-0.25, -0.2) is 4.39 Å². The zero-order valence-electron chi connectivity index (χ0n) is 9.97. The summed E-state index contributed by atoms with van der Waals surface area (Å²) in [6.45, 7) is 6.61. The Hall–Kier alpha value is -0.890. The lowest BCUT2D eigenvalue weighted by Gasteiger charge is -2.33. The van der Waals surface area contributed by atoms with Crippen molar-refractivity contribution in [2.45, 2.75) is 33.2 Å². The number of rotatable bonds is 4. The number of benzene rings is 1. The summed E-state index contributed by atoms with van der Waals surface area (Å²) in [7, 11) is 1.95. The van der Waals surface area contributed by atoms with E-state index in [-0.39, 0.29) is 17.3 Å². The van der Waals surface area contributed by atoms with E-state index in [4.69, 9.17) is 0 Å². The van der Waals surface area contributed by atoms with Gasteiger partial charge in [-0.3, -0.25) is 0 Å². The predicted molar refractivity (Wildman–Crippen MR) is 62.3 cm³/mol. The fourth-order valence-electron chi connectivity index (χ4n) is 1.87. The van der Waals surface area contributed by atoms with Gasteiger partial charge < -0.3 is 5.32 Å². The Morgan fingerprint density at radius 2 is 1.80 bits per heavy atom. The third-order valence-corrected chi connectivity index (χ3v) is 3.18. The summed E-state index contributed by atoms with van der Waals surface area (Å²) in [5.74, 6) is -0.178. The average molecular weight is 209 g/mol. The van der Waals surface area contributed by atoms with Crippen LogP contribution in [0.2, 0.25) is 0 Å². The van der Waals surface area contributed by atoms with E-state index in [0.29, 0.717) is 0 Å². The average Bonchev–Trinajstić information content (AvgIpc) is 2.22. The first-order valence-electron chi connectivity index (χ1n) is 5.44. The molecule has 84 valence electrons. The standard InChI is InChI=1S/C13H20FN/c1-5-13(2,3)12(15-4)10-6-8-11(14)9-7-10/h6-9,12,15H,5H2,1-4H3. The minimum atomic E-state index is -0.178. The van der Waals surface area contributed by atoms with E-state index in [2.05, 4.69) is 26.1 Å². The van der Waals surface area contributed by atoms with Crippen LogP contribution < -0.4 is 5.32 Å². The smallest absolute Gasteiger partial charge is 0.123 e. The van der Waals surface area contributed by atoms with E-state index in [1.54, 1.807) is 0 Å². The van der Waals surface area contributed by atoms with Crippen molar-refractivity contribution < 1.29 is 4.39 Å². The van der Waals surface area contributed by atoms with Crippen molar-refractivity contribution in [1.82, 2.24) is 5.32 Å². The predicted octanol–water partition coefficient (Wildman–Crippen LogP) is 3.52. The Balaban J connectivity index is 2.97. The molecule has 1 N–H and O–H groups in total. The molecule has 2 heteroatoms. The second-order valence-corrected chi connectivity index (χ2v) is 4.62.